The third kappa shape index (κ3) is 5.38. The molecule has 3 rings (SSSR count). The first-order valence-electron chi connectivity index (χ1n) is 9.22. The van der Waals surface area contributed by atoms with Crippen LogP contribution in [-0.4, -0.2) is 39.2 Å². The van der Waals surface area contributed by atoms with E-state index < -0.39 is 24.1 Å². The molecule has 0 unspecified atom stereocenters. The molecule has 0 atom stereocenters. The molecular weight excluding hydrogens is 388 g/mol. The maximum absolute atomic E-state index is 11.9. The smallest absolute Gasteiger partial charge is 0.344 e. The molecule has 30 heavy (non-hydrogen) atoms. The molecule has 8 heteroatoms. The summed E-state index contributed by atoms with van der Waals surface area (Å²) in [6.45, 7) is 0.995. The zero-order valence-corrected chi connectivity index (χ0v) is 16.9. The average Bonchev–Trinajstić information content (AvgIpc) is 2.70. The minimum absolute atomic E-state index is 0.346. The molecule has 1 heterocycles. The number of fused-ring (bicyclic) bond motifs is 1. The number of benzene rings is 2. The van der Waals surface area contributed by atoms with Gasteiger partial charge in [-0.05, 0) is 48.9 Å². The highest BCUT2D eigenvalue weighted by Crippen LogP contribution is 2.22. The second-order valence-electron chi connectivity index (χ2n) is 6.85. The lowest BCUT2D eigenvalue weighted by Crippen LogP contribution is -2.23. The molecule has 8 nitrogen and oxygen atoms in total. The number of amides is 1. The van der Waals surface area contributed by atoms with Gasteiger partial charge in [-0.1, -0.05) is 0 Å². The van der Waals surface area contributed by atoms with Gasteiger partial charge in [0, 0.05) is 43.0 Å². The topological polar surface area (TPSA) is 98.1 Å². The molecule has 0 saturated heterocycles. The molecule has 0 aliphatic heterocycles. The van der Waals surface area contributed by atoms with E-state index in [0.717, 1.165) is 16.6 Å². The van der Waals surface area contributed by atoms with Crippen LogP contribution in [0.2, 0.25) is 0 Å². The van der Waals surface area contributed by atoms with Crippen LogP contribution in [0.15, 0.2) is 57.7 Å². The summed E-state index contributed by atoms with van der Waals surface area (Å²) in [6.07, 6.45) is 0. The van der Waals surface area contributed by atoms with E-state index in [4.69, 9.17) is 13.9 Å². The lowest BCUT2D eigenvalue weighted by atomic mass is 10.1. The van der Waals surface area contributed by atoms with E-state index in [2.05, 4.69) is 5.32 Å². The van der Waals surface area contributed by atoms with E-state index in [0.29, 0.717) is 17.0 Å². The number of carbonyl (C=O) groups excluding carboxylic acids is 2. The Morgan fingerprint density at radius 3 is 2.47 bits per heavy atom. The molecule has 0 bridgehead atoms. The van der Waals surface area contributed by atoms with Gasteiger partial charge in [0.15, 0.2) is 13.2 Å². The number of hydrogen-bond donors (Lipinski definition) is 1. The highest BCUT2D eigenvalue weighted by molar-refractivity contribution is 5.93. The monoisotopic (exact) mass is 410 g/mol. The fourth-order valence-electron chi connectivity index (χ4n) is 2.76. The molecule has 1 amide bonds. The Morgan fingerprint density at radius 2 is 1.77 bits per heavy atom. The molecular formula is C22H22N2O6. The minimum atomic E-state index is -0.695. The average molecular weight is 410 g/mol. The predicted octanol–water partition coefficient (Wildman–Crippen LogP) is 2.73. The van der Waals surface area contributed by atoms with Gasteiger partial charge < -0.3 is 24.1 Å². The number of esters is 1. The standard InChI is InChI=1S/C22H22N2O6/c1-14-10-21(26)30-19-11-17(8-9-18(14)19)28-13-22(27)29-12-20(25)23-15-4-6-16(7-5-15)24(2)3/h4-11H,12-13H2,1-3H3,(H,23,25). The number of carbonyl (C=O) groups is 2. The van der Waals surface area contributed by atoms with Crippen molar-refractivity contribution >= 4 is 34.2 Å². The first kappa shape index (κ1) is 20.9. The van der Waals surface area contributed by atoms with E-state index in [1.54, 1.807) is 31.2 Å². The van der Waals surface area contributed by atoms with Gasteiger partial charge in [-0.25, -0.2) is 9.59 Å². The zero-order chi connectivity index (χ0) is 21.7. The highest BCUT2D eigenvalue weighted by atomic mass is 16.6. The van der Waals surface area contributed by atoms with E-state index in [-0.39, 0.29) is 6.61 Å². The molecule has 0 aliphatic carbocycles. The summed E-state index contributed by atoms with van der Waals surface area (Å²) in [5, 5.41) is 3.43. The maximum atomic E-state index is 11.9. The van der Waals surface area contributed by atoms with Crippen molar-refractivity contribution in [2.45, 2.75) is 6.92 Å². The largest absolute Gasteiger partial charge is 0.482 e. The third-order valence-electron chi connectivity index (χ3n) is 4.31. The Labute approximate surface area is 173 Å². The van der Waals surface area contributed by atoms with Gasteiger partial charge in [-0.2, -0.15) is 0 Å². The van der Waals surface area contributed by atoms with Crippen LogP contribution >= 0.6 is 0 Å². The van der Waals surface area contributed by atoms with Gasteiger partial charge in [-0.15, -0.1) is 0 Å². The Hall–Kier alpha value is -3.81. The zero-order valence-electron chi connectivity index (χ0n) is 16.9. The lowest BCUT2D eigenvalue weighted by molar-refractivity contribution is -0.149. The minimum Gasteiger partial charge on any atom is -0.482 e. The SMILES string of the molecule is Cc1cc(=O)oc2cc(OCC(=O)OCC(=O)Nc3ccc(N(C)C)cc3)ccc12. The summed E-state index contributed by atoms with van der Waals surface area (Å²) in [7, 11) is 3.84. The van der Waals surface area contributed by atoms with Crippen LogP contribution < -0.4 is 20.6 Å². The summed E-state index contributed by atoms with van der Waals surface area (Å²) in [5.41, 5.74) is 2.30. The normalized spacial score (nSPS) is 10.5. The quantitative estimate of drug-likeness (QED) is 0.472. The summed E-state index contributed by atoms with van der Waals surface area (Å²) in [6, 6.07) is 13.6. The molecule has 156 valence electrons. The number of hydrogen-bond acceptors (Lipinski definition) is 7. The maximum Gasteiger partial charge on any atom is 0.344 e. The van der Waals surface area contributed by atoms with Crippen molar-refractivity contribution in [3.05, 3.63) is 64.5 Å². The number of nitrogens with one attached hydrogen (secondary N) is 1. The molecule has 3 aromatic rings. The fraction of sp³-hybridized carbons (Fsp3) is 0.227. The number of anilines is 2. The molecule has 0 saturated carbocycles. The van der Waals surface area contributed by atoms with E-state index in [9.17, 15) is 14.4 Å². The predicted molar refractivity (Wildman–Crippen MR) is 113 cm³/mol. The second kappa shape index (κ2) is 9.13. The van der Waals surface area contributed by atoms with Crippen LogP contribution in [0, 0.1) is 6.92 Å². The molecule has 1 N–H and O–H groups in total. The summed E-state index contributed by atoms with van der Waals surface area (Å²) >= 11 is 0. The van der Waals surface area contributed by atoms with Gasteiger partial charge >= 0.3 is 11.6 Å². The van der Waals surface area contributed by atoms with Crippen LogP contribution in [0.5, 0.6) is 5.75 Å². The molecule has 0 aliphatic rings. The number of nitrogens with zero attached hydrogens (tertiary/aromatic N) is 1. The van der Waals surface area contributed by atoms with Crippen molar-refractivity contribution in [2.24, 2.45) is 0 Å². The van der Waals surface area contributed by atoms with E-state index in [1.807, 2.05) is 31.1 Å². The van der Waals surface area contributed by atoms with Gasteiger partial charge in [0.2, 0.25) is 0 Å². The highest BCUT2D eigenvalue weighted by Gasteiger charge is 2.10. The molecule has 0 spiro atoms. The van der Waals surface area contributed by atoms with Crippen molar-refractivity contribution in [3.63, 3.8) is 0 Å². The summed E-state index contributed by atoms with van der Waals surface area (Å²) < 4.78 is 15.4. The number of ether oxygens (including phenoxy) is 2. The van der Waals surface area contributed by atoms with Crippen molar-refractivity contribution < 1.29 is 23.5 Å². The van der Waals surface area contributed by atoms with Crippen molar-refractivity contribution in [1.82, 2.24) is 0 Å². The molecule has 0 radical (unpaired) electrons. The Morgan fingerprint density at radius 1 is 1.03 bits per heavy atom. The Kier molecular flexibility index (Phi) is 6.36. The first-order chi connectivity index (χ1) is 14.3. The summed E-state index contributed by atoms with van der Waals surface area (Å²) in [5.74, 6) is -0.804. The van der Waals surface area contributed by atoms with Crippen LogP contribution in [0.3, 0.4) is 0 Å². The van der Waals surface area contributed by atoms with Crippen molar-refractivity contribution in [2.75, 3.05) is 37.5 Å². The Balaban J connectivity index is 1.48. The van der Waals surface area contributed by atoms with E-state index >= 15 is 0 Å². The molecule has 0 fully saturated rings. The fourth-order valence-corrected chi connectivity index (χ4v) is 2.76. The van der Waals surface area contributed by atoms with Gasteiger partial charge in [-0.3, -0.25) is 4.79 Å². The third-order valence-corrected chi connectivity index (χ3v) is 4.31. The van der Waals surface area contributed by atoms with Crippen LogP contribution in [0.1, 0.15) is 5.56 Å². The van der Waals surface area contributed by atoms with E-state index in [1.165, 1.54) is 12.1 Å². The van der Waals surface area contributed by atoms with Gasteiger partial charge in [0.1, 0.15) is 11.3 Å². The van der Waals surface area contributed by atoms with Crippen LogP contribution in [0.4, 0.5) is 11.4 Å². The molecule has 1 aromatic heterocycles. The van der Waals surface area contributed by atoms with Crippen LogP contribution in [0.25, 0.3) is 11.0 Å². The van der Waals surface area contributed by atoms with Gasteiger partial charge in [0.25, 0.3) is 5.91 Å². The van der Waals surface area contributed by atoms with Crippen LogP contribution in [-0.2, 0) is 14.3 Å². The number of rotatable bonds is 7. The van der Waals surface area contributed by atoms with Gasteiger partial charge in [0.05, 0.1) is 0 Å². The molecule has 2 aromatic carbocycles. The van der Waals surface area contributed by atoms with Crippen molar-refractivity contribution in [3.8, 4) is 5.75 Å². The van der Waals surface area contributed by atoms with Crippen molar-refractivity contribution in [1.29, 1.82) is 0 Å². The second-order valence-corrected chi connectivity index (χ2v) is 6.85. The summed E-state index contributed by atoms with van der Waals surface area (Å²) in [4.78, 5) is 37.2. The first-order valence-corrected chi connectivity index (χ1v) is 9.22. The lowest BCUT2D eigenvalue weighted by Gasteiger charge is -2.13. The number of aryl methyl sites for hydroxylation is 1. The Bertz CT molecular complexity index is 1120.